The highest BCUT2D eigenvalue weighted by atomic mass is 16.5. The molecule has 0 heterocycles. The molecule has 0 aromatic rings. The van der Waals surface area contributed by atoms with Crippen LogP contribution in [-0.2, 0) is 14.3 Å². The van der Waals surface area contributed by atoms with Crippen LogP contribution in [0.1, 0.15) is 33.6 Å². The first-order valence-corrected chi connectivity index (χ1v) is 5.31. The van der Waals surface area contributed by atoms with Crippen LogP contribution in [0.2, 0.25) is 0 Å². The van der Waals surface area contributed by atoms with Crippen LogP contribution in [0.15, 0.2) is 12.7 Å². The van der Waals surface area contributed by atoms with Crippen molar-refractivity contribution in [1.82, 2.24) is 5.32 Å². The average molecular weight is 227 g/mol. The van der Waals surface area contributed by atoms with E-state index in [1.54, 1.807) is 6.08 Å². The third kappa shape index (κ3) is 4.96. The lowest BCUT2D eigenvalue weighted by Crippen LogP contribution is -2.49. The number of esters is 1. The summed E-state index contributed by atoms with van der Waals surface area (Å²) < 4.78 is 4.67. The molecule has 1 amide bonds. The van der Waals surface area contributed by atoms with Gasteiger partial charge in [-0.2, -0.15) is 0 Å². The fraction of sp³-hybridized carbons (Fsp3) is 0.667. The molecule has 0 radical (unpaired) electrons. The zero-order chi connectivity index (χ0) is 12.8. The van der Waals surface area contributed by atoms with Crippen LogP contribution in [0.5, 0.6) is 0 Å². The molecule has 0 spiro atoms. The van der Waals surface area contributed by atoms with Crippen LogP contribution in [0.4, 0.5) is 0 Å². The van der Waals surface area contributed by atoms with Gasteiger partial charge in [0.2, 0.25) is 5.91 Å². The summed E-state index contributed by atoms with van der Waals surface area (Å²) in [6.07, 6.45) is 2.61. The van der Waals surface area contributed by atoms with Gasteiger partial charge < -0.3 is 10.1 Å². The van der Waals surface area contributed by atoms with Crippen LogP contribution < -0.4 is 5.32 Å². The highest BCUT2D eigenvalue weighted by molar-refractivity contribution is 5.85. The lowest BCUT2D eigenvalue weighted by Gasteiger charge is -2.28. The van der Waals surface area contributed by atoms with Gasteiger partial charge in [0.1, 0.15) is 6.04 Å². The predicted octanol–water partition coefficient (Wildman–Crippen LogP) is 1.66. The van der Waals surface area contributed by atoms with Crippen molar-refractivity contribution >= 4 is 11.9 Å². The topological polar surface area (TPSA) is 55.4 Å². The molecule has 0 aliphatic rings. The number of allylic oxidation sites excluding steroid dienone is 1. The third-order valence-corrected chi connectivity index (χ3v) is 2.18. The second kappa shape index (κ2) is 6.30. The number of ether oxygens (including phenoxy) is 1. The van der Waals surface area contributed by atoms with E-state index in [2.05, 4.69) is 16.6 Å². The second-order valence-corrected chi connectivity index (χ2v) is 4.72. The summed E-state index contributed by atoms with van der Waals surface area (Å²) >= 11 is 0. The first kappa shape index (κ1) is 14.7. The van der Waals surface area contributed by atoms with E-state index >= 15 is 0 Å². The molecule has 0 unspecified atom stereocenters. The summed E-state index contributed by atoms with van der Waals surface area (Å²) in [7, 11) is 1.32. The minimum absolute atomic E-state index is 0.162. The normalized spacial score (nSPS) is 12.8. The van der Waals surface area contributed by atoms with Gasteiger partial charge in [-0.1, -0.05) is 26.8 Å². The Morgan fingerprint density at radius 2 is 2.00 bits per heavy atom. The van der Waals surface area contributed by atoms with Crippen LogP contribution in [0.3, 0.4) is 0 Å². The largest absolute Gasteiger partial charge is 0.467 e. The summed E-state index contributed by atoms with van der Waals surface area (Å²) in [4.78, 5) is 23.0. The predicted molar refractivity (Wildman–Crippen MR) is 62.8 cm³/mol. The quantitative estimate of drug-likeness (QED) is 0.574. The Labute approximate surface area is 97.1 Å². The molecule has 4 heteroatoms. The number of methoxy groups -OCH3 is 1. The monoisotopic (exact) mass is 227 g/mol. The van der Waals surface area contributed by atoms with Crippen LogP contribution in [0, 0.1) is 5.41 Å². The van der Waals surface area contributed by atoms with Gasteiger partial charge in [0, 0.05) is 6.42 Å². The molecule has 0 saturated carbocycles. The van der Waals surface area contributed by atoms with Crippen molar-refractivity contribution < 1.29 is 14.3 Å². The number of carbonyl (C=O) groups excluding carboxylic acids is 2. The molecule has 0 aromatic carbocycles. The second-order valence-electron chi connectivity index (χ2n) is 4.72. The summed E-state index contributed by atoms with van der Waals surface area (Å²) in [5, 5.41) is 2.68. The van der Waals surface area contributed by atoms with Gasteiger partial charge in [-0.25, -0.2) is 4.79 Å². The Morgan fingerprint density at radius 1 is 1.44 bits per heavy atom. The fourth-order valence-electron chi connectivity index (χ4n) is 1.21. The maximum Gasteiger partial charge on any atom is 0.328 e. The standard InChI is InChI=1S/C12H21NO3/c1-6-7-8-9(14)13-10(11(15)16-5)12(2,3)4/h6,10H,1,7-8H2,2-5H3,(H,13,14)/t10-/m1/s1. The zero-order valence-corrected chi connectivity index (χ0v) is 10.5. The van der Waals surface area contributed by atoms with E-state index in [4.69, 9.17) is 0 Å². The Hall–Kier alpha value is -1.32. The SMILES string of the molecule is C=CCCC(=O)N[C@H](C(=O)OC)C(C)(C)C. The Balaban J connectivity index is 4.50. The molecule has 1 N–H and O–H groups in total. The number of carbonyl (C=O) groups is 2. The lowest BCUT2D eigenvalue weighted by atomic mass is 9.86. The number of nitrogens with one attached hydrogen (secondary N) is 1. The van der Waals surface area contributed by atoms with E-state index < -0.39 is 12.0 Å². The molecule has 0 aromatic heterocycles. The summed E-state index contributed by atoms with van der Waals surface area (Å²) in [6, 6.07) is -0.616. The molecule has 0 rings (SSSR count). The fourth-order valence-corrected chi connectivity index (χ4v) is 1.21. The lowest BCUT2D eigenvalue weighted by molar-refractivity contribution is -0.148. The van der Waals surface area contributed by atoms with Gasteiger partial charge in [-0.05, 0) is 11.8 Å². The first-order chi connectivity index (χ1) is 7.32. The molecule has 0 saturated heterocycles. The molecular weight excluding hydrogens is 206 g/mol. The molecule has 0 aliphatic carbocycles. The van der Waals surface area contributed by atoms with E-state index in [-0.39, 0.29) is 11.3 Å². The van der Waals surface area contributed by atoms with Gasteiger partial charge in [0.05, 0.1) is 7.11 Å². The van der Waals surface area contributed by atoms with E-state index in [0.29, 0.717) is 12.8 Å². The third-order valence-electron chi connectivity index (χ3n) is 2.18. The van der Waals surface area contributed by atoms with Crippen LogP contribution >= 0.6 is 0 Å². The van der Waals surface area contributed by atoms with Gasteiger partial charge in [0.25, 0.3) is 0 Å². The van der Waals surface area contributed by atoms with Crippen LogP contribution in [0.25, 0.3) is 0 Å². The van der Waals surface area contributed by atoms with Gasteiger partial charge in [-0.3, -0.25) is 4.79 Å². The van der Waals surface area contributed by atoms with Crippen molar-refractivity contribution in [2.24, 2.45) is 5.41 Å². The molecule has 0 aliphatic heterocycles. The van der Waals surface area contributed by atoms with Crippen molar-refractivity contribution in [3.63, 3.8) is 0 Å². The van der Waals surface area contributed by atoms with Gasteiger partial charge >= 0.3 is 5.97 Å². The highest BCUT2D eigenvalue weighted by Crippen LogP contribution is 2.20. The molecule has 1 atom stereocenters. The highest BCUT2D eigenvalue weighted by Gasteiger charge is 2.33. The number of rotatable bonds is 5. The zero-order valence-electron chi connectivity index (χ0n) is 10.5. The summed E-state index contributed by atoms with van der Waals surface area (Å²) in [5.41, 5.74) is -0.364. The minimum Gasteiger partial charge on any atom is -0.467 e. The van der Waals surface area contributed by atoms with Crippen molar-refractivity contribution in [3.05, 3.63) is 12.7 Å². The molecule has 92 valence electrons. The molecule has 4 nitrogen and oxygen atoms in total. The number of hydrogen-bond donors (Lipinski definition) is 1. The maximum atomic E-state index is 11.5. The van der Waals surface area contributed by atoms with Crippen LogP contribution in [-0.4, -0.2) is 25.0 Å². The summed E-state index contributed by atoms with van der Waals surface area (Å²) in [5.74, 6) is -0.579. The summed E-state index contributed by atoms with van der Waals surface area (Å²) in [6.45, 7) is 9.17. The van der Waals surface area contributed by atoms with E-state index in [0.717, 1.165) is 0 Å². The van der Waals surface area contributed by atoms with Crippen molar-refractivity contribution in [2.75, 3.05) is 7.11 Å². The smallest absolute Gasteiger partial charge is 0.328 e. The van der Waals surface area contributed by atoms with E-state index in [1.807, 2.05) is 20.8 Å². The molecular formula is C12H21NO3. The maximum absolute atomic E-state index is 11.5. The van der Waals surface area contributed by atoms with Crippen molar-refractivity contribution in [2.45, 2.75) is 39.7 Å². The Kier molecular flexibility index (Phi) is 5.78. The minimum atomic E-state index is -0.616. The van der Waals surface area contributed by atoms with Gasteiger partial charge in [-0.15, -0.1) is 6.58 Å². The number of amides is 1. The average Bonchev–Trinajstić information content (AvgIpc) is 2.20. The van der Waals surface area contributed by atoms with E-state index in [9.17, 15) is 9.59 Å². The van der Waals surface area contributed by atoms with E-state index in [1.165, 1.54) is 7.11 Å². The van der Waals surface area contributed by atoms with Gasteiger partial charge in [0.15, 0.2) is 0 Å². The first-order valence-electron chi connectivity index (χ1n) is 5.31. The van der Waals surface area contributed by atoms with Crippen molar-refractivity contribution in [1.29, 1.82) is 0 Å². The number of hydrogen-bond acceptors (Lipinski definition) is 3. The Bertz CT molecular complexity index is 266. The Morgan fingerprint density at radius 3 is 2.38 bits per heavy atom. The molecule has 0 fully saturated rings. The van der Waals surface area contributed by atoms with Crippen molar-refractivity contribution in [3.8, 4) is 0 Å². The molecule has 0 bridgehead atoms. The molecule has 16 heavy (non-hydrogen) atoms.